The number of esters is 1. The van der Waals surface area contributed by atoms with Gasteiger partial charge in [-0.15, -0.1) is 11.3 Å². The quantitative estimate of drug-likeness (QED) is 0.722. The van der Waals surface area contributed by atoms with Gasteiger partial charge in [0.25, 0.3) is 5.91 Å². The summed E-state index contributed by atoms with van der Waals surface area (Å²) in [5.74, 6) is -0.535. The molecule has 150 valence electrons. The molecule has 0 radical (unpaired) electrons. The van der Waals surface area contributed by atoms with Crippen LogP contribution in [0.25, 0.3) is 0 Å². The fraction of sp³-hybridized carbons (Fsp3) is 0.455. The number of carbonyl (C=O) groups is 2. The van der Waals surface area contributed by atoms with Gasteiger partial charge in [-0.25, -0.2) is 4.79 Å². The standard InChI is InChI=1S/C22H28N2O3S/c1-5-10-24-11-9-17-18(13-24)28-21(19(17)22(26)27-6-2)23-20(25)16-8-7-14(3)12-15(16)4/h7-8,12H,5-6,9-11,13H2,1-4H3,(H,23,25). The number of ether oxygens (including phenoxy) is 1. The Bertz CT molecular complexity index is 888. The maximum Gasteiger partial charge on any atom is 0.341 e. The summed E-state index contributed by atoms with van der Waals surface area (Å²) in [6.07, 6.45) is 1.90. The molecule has 0 atom stereocenters. The number of rotatable bonds is 6. The summed E-state index contributed by atoms with van der Waals surface area (Å²) in [5, 5.41) is 3.59. The van der Waals surface area contributed by atoms with Crippen LogP contribution in [0.2, 0.25) is 0 Å². The molecule has 0 saturated carbocycles. The molecule has 3 rings (SSSR count). The minimum Gasteiger partial charge on any atom is -0.462 e. The number of fused-ring (bicyclic) bond motifs is 1. The van der Waals surface area contributed by atoms with Crippen molar-refractivity contribution in [3.63, 3.8) is 0 Å². The van der Waals surface area contributed by atoms with Crippen molar-refractivity contribution in [2.75, 3.05) is 25.0 Å². The number of hydrogen-bond donors (Lipinski definition) is 1. The lowest BCUT2D eigenvalue weighted by atomic mass is 10.0. The van der Waals surface area contributed by atoms with Crippen molar-refractivity contribution in [3.8, 4) is 0 Å². The van der Waals surface area contributed by atoms with Crippen LogP contribution in [0.4, 0.5) is 5.00 Å². The number of amides is 1. The van der Waals surface area contributed by atoms with Crippen molar-refractivity contribution >= 4 is 28.2 Å². The van der Waals surface area contributed by atoms with E-state index >= 15 is 0 Å². The molecule has 1 aliphatic rings. The second kappa shape index (κ2) is 8.88. The predicted molar refractivity (Wildman–Crippen MR) is 113 cm³/mol. The number of hydrogen-bond acceptors (Lipinski definition) is 5. The lowest BCUT2D eigenvalue weighted by Crippen LogP contribution is -2.30. The Kier molecular flexibility index (Phi) is 6.52. The Morgan fingerprint density at radius 1 is 1.25 bits per heavy atom. The van der Waals surface area contributed by atoms with Gasteiger partial charge in [0, 0.05) is 23.5 Å². The summed E-state index contributed by atoms with van der Waals surface area (Å²) in [7, 11) is 0. The van der Waals surface area contributed by atoms with E-state index < -0.39 is 0 Å². The first-order valence-corrected chi connectivity index (χ1v) is 10.7. The van der Waals surface area contributed by atoms with E-state index in [0.717, 1.165) is 54.0 Å². The molecule has 28 heavy (non-hydrogen) atoms. The molecule has 0 unspecified atom stereocenters. The van der Waals surface area contributed by atoms with Gasteiger partial charge < -0.3 is 10.1 Å². The number of nitrogens with one attached hydrogen (secondary N) is 1. The fourth-order valence-electron chi connectivity index (χ4n) is 3.71. The summed E-state index contributed by atoms with van der Waals surface area (Å²) >= 11 is 1.50. The SMILES string of the molecule is CCCN1CCc2c(sc(NC(=O)c3ccc(C)cc3C)c2C(=O)OCC)C1. The van der Waals surface area contributed by atoms with E-state index in [1.807, 2.05) is 32.0 Å². The molecule has 0 bridgehead atoms. The highest BCUT2D eigenvalue weighted by atomic mass is 32.1. The summed E-state index contributed by atoms with van der Waals surface area (Å²) in [5.41, 5.74) is 4.23. The van der Waals surface area contributed by atoms with E-state index in [2.05, 4.69) is 17.1 Å². The van der Waals surface area contributed by atoms with Crippen molar-refractivity contribution in [3.05, 3.63) is 50.9 Å². The third kappa shape index (κ3) is 4.28. The van der Waals surface area contributed by atoms with E-state index in [9.17, 15) is 9.59 Å². The van der Waals surface area contributed by atoms with Crippen LogP contribution in [0, 0.1) is 13.8 Å². The van der Waals surface area contributed by atoms with E-state index in [-0.39, 0.29) is 11.9 Å². The van der Waals surface area contributed by atoms with Crippen LogP contribution in [0.5, 0.6) is 0 Å². The van der Waals surface area contributed by atoms with Crippen LogP contribution < -0.4 is 5.32 Å². The van der Waals surface area contributed by atoms with Crippen LogP contribution >= 0.6 is 11.3 Å². The molecule has 1 amide bonds. The van der Waals surface area contributed by atoms with Gasteiger partial charge >= 0.3 is 5.97 Å². The fourth-order valence-corrected chi connectivity index (χ4v) is 4.98. The Labute approximate surface area is 170 Å². The Morgan fingerprint density at radius 3 is 2.71 bits per heavy atom. The smallest absolute Gasteiger partial charge is 0.341 e. The number of aryl methyl sites for hydroxylation is 2. The number of thiophene rings is 1. The van der Waals surface area contributed by atoms with Gasteiger partial charge in [0.15, 0.2) is 0 Å². The number of anilines is 1. The maximum atomic E-state index is 12.9. The van der Waals surface area contributed by atoms with Crippen molar-refractivity contribution in [1.82, 2.24) is 4.90 Å². The zero-order valence-corrected chi connectivity index (χ0v) is 17.9. The van der Waals surface area contributed by atoms with Crippen molar-refractivity contribution in [2.45, 2.75) is 47.1 Å². The maximum absolute atomic E-state index is 12.9. The molecule has 0 fully saturated rings. The second-order valence-corrected chi connectivity index (χ2v) is 8.33. The molecule has 0 saturated heterocycles. The average Bonchev–Trinajstić information content (AvgIpc) is 2.99. The van der Waals surface area contributed by atoms with Crippen molar-refractivity contribution in [2.24, 2.45) is 0 Å². The van der Waals surface area contributed by atoms with Crippen LogP contribution in [-0.2, 0) is 17.7 Å². The third-order valence-electron chi connectivity index (χ3n) is 5.01. The first kappa shape index (κ1) is 20.6. The van der Waals surface area contributed by atoms with Gasteiger partial charge in [-0.2, -0.15) is 0 Å². The minimum absolute atomic E-state index is 0.188. The van der Waals surface area contributed by atoms with E-state index in [4.69, 9.17) is 4.74 Å². The predicted octanol–water partition coefficient (Wildman–Crippen LogP) is 4.56. The number of nitrogens with zero attached hydrogens (tertiary/aromatic N) is 1. The van der Waals surface area contributed by atoms with Crippen LogP contribution in [0.1, 0.15) is 62.6 Å². The summed E-state index contributed by atoms with van der Waals surface area (Å²) in [6.45, 7) is 11.0. The van der Waals surface area contributed by atoms with Gasteiger partial charge in [0.2, 0.25) is 0 Å². The monoisotopic (exact) mass is 400 g/mol. The van der Waals surface area contributed by atoms with E-state index in [0.29, 0.717) is 22.7 Å². The molecular weight excluding hydrogens is 372 g/mol. The molecule has 6 heteroatoms. The summed E-state index contributed by atoms with van der Waals surface area (Å²) in [6, 6.07) is 5.75. The summed E-state index contributed by atoms with van der Waals surface area (Å²) < 4.78 is 5.30. The van der Waals surface area contributed by atoms with Gasteiger partial charge in [-0.1, -0.05) is 24.6 Å². The topological polar surface area (TPSA) is 58.6 Å². The third-order valence-corrected chi connectivity index (χ3v) is 6.14. The molecule has 2 aromatic rings. The first-order valence-electron chi connectivity index (χ1n) is 9.87. The highest BCUT2D eigenvalue weighted by molar-refractivity contribution is 7.17. The zero-order valence-electron chi connectivity index (χ0n) is 17.1. The molecular formula is C22H28N2O3S. The Hall–Kier alpha value is -2.18. The largest absolute Gasteiger partial charge is 0.462 e. The second-order valence-electron chi connectivity index (χ2n) is 7.23. The van der Waals surface area contributed by atoms with Gasteiger partial charge in [-0.05, 0) is 57.4 Å². The lowest BCUT2D eigenvalue weighted by Gasteiger charge is -2.26. The molecule has 1 aromatic carbocycles. The van der Waals surface area contributed by atoms with Crippen LogP contribution in [0.15, 0.2) is 18.2 Å². The molecule has 0 spiro atoms. The van der Waals surface area contributed by atoms with Crippen LogP contribution in [0.3, 0.4) is 0 Å². The first-order chi connectivity index (χ1) is 13.4. The Balaban J connectivity index is 1.93. The molecule has 2 heterocycles. The molecule has 0 aliphatic carbocycles. The van der Waals surface area contributed by atoms with E-state index in [1.54, 1.807) is 6.92 Å². The minimum atomic E-state index is -0.347. The zero-order chi connectivity index (χ0) is 20.3. The van der Waals surface area contributed by atoms with Gasteiger partial charge in [0.05, 0.1) is 12.2 Å². The molecule has 1 N–H and O–H groups in total. The highest BCUT2D eigenvalue weighted by Gasteiger charge is 2.29. The summed E-state index contributed by atoms with van der Waals surface area (Å²) in [4.78, 5) is 29.1. The molecule has 1 aliphatic heterocycles. The number of carbonyl (C=O) groups excluding carboxylic acids is 2. The number of benzene rings is 1. The average molecular weight is 401 g/mol. The van der Waals surface area contributed by atoms with Crippen LogP contribution in [-0.4, -0.2) is 36.5 Å². The van der Waals surface area contributed by atoms with Gasteiger partial charge in [0.1, 0.15) is 5.00 Å². The Morgan fingerprint density at radius 2 is 2.04 bits per heavy atom. The molecule has 1 aromatic heterocycles. The van der Waals surface area contributed by atoms with Crippen molar-refractivity contribution < 1.29 is 14.3 Å². The lowest BCUT2D eigenvalue weighted by molar-refractivity contribution is 0.0526. The highest BCUT2D eigenvalue weighted by Crippen LogP contribution is 2.38. The van der Waals surface area contributed by atoms with Crippen molar-refractivity contribution in [1.29, 1.82) is 0 Å². The van der Waals surface area contributed by atoms with Gasteiger partial charge in [-0.3, -0.25) is 9.69 Å². The van der Waals surface area contributed by atoms with E-state index in [1.165, 1.54) is 11.3 Å². The molecule has 5 nitrogen and oxygen atoms in total. The normalized spacial score (nSPS) is 13.9.